The SMILES string of the molecule is Cc1nonc1C1CCCN1C(=O)CC1c2ccccc2CCc2ccccc21. The molecule has 1 aliphatic heterocycles. The number of benzene rings is 2. The van der Waals surface area contributed by atoms with Crippen LogP contribution >= 0.6 is 0 Å². The summed E-state index contributed by atoms with van der Waals surface area (Å²) in [7, 11) is 0. The summed E-state index contributed by atoms with van der Waals surface area (Å²) in [5, 5.41) is 8.00. The predicted molar refractivity (Wildman–Crippen MR) is 109 cm³/mol. The molecule has 29 heavy (non-hydrogen) atoms. The van der Waals surface area contributed by atoms with Crippen LogP contribution in [0.2, 0.25) is 0 Å². The topological polar surface area (TPSA) is 59.2 Å². The molecular weight excluding hydrogens is 362 g/mol. The molecule has 0 N–H and O–H groups in total. The first-order valence-corrected chi connectivity index (χ1v) is 10.5. The molecule has 2 heterocycles. The van der Waals surface area contributed by atoms with Gasteiger partial charge in [0, 0.05) is 18.9 Å². The zero-order chi connectivity index (χ0) is 19.8. The molecule has 0 bridgehead atoms. The lowest BCUT2D eigenvalue weighted by atomic mass is 9.85. The normalized spacial score (nSPS) is 18.9. The summed E-state index contributed by atoms with van der Waals surface area (Å²) >= 11 is 0. The van der Waals surface area contributed by atoms with Crippen molar-refractivity contribution in [1.29, 1.82) is 0 Å². The molecule has 0 radical (unpaired) electrons. The van der Waals surface area contributed by atoms with Gasteiger partial charge >= 0.3 is 0 Å². The fourth-order valence-electron chi connectivity index (χ4n) is 5.04. The van der Waals surface area contributed by atoms with Gasteiger partial charge in [-0.15, -0.1) is 0 Å². The predicted octanol–water partition coefficient (Wildman–Crippen LogP) is 4.36. The van der Waals surface area contributed by atoms with E-state index in [0.717, 1.165) is 43.6 Å². The first kappa shape index (κ1) is 18.1. The monoisotopic (exact) mass is 387 g/mol. The summed E-state index contributed by atoms with van der Waals surface area (Å²) in [6.45, 7) is 2.66. The second-order valence-corrected chi connectivity index (χ2v) is 8.13. The summed E-state index contributed by atoms with van der Waals surface area (Å²) in [6.07, 6.45) is 4.43. The van der Waals surface area contributed by atoms with Crippen LogP contribution in [0.5, 0.6) is 0 Å². The summed E-state index contributed by atoms with van der Waals surface area (Å²) < 4.78 is 4.91. The molecule has 1 atom stereocenters. The molecule has 5 nitrogen and oxygen atoms in total. The van der Waals surface area contributed by atoms with Crippen LogP contribution in [0.1, 0.15) is 64.9 Å². The van der Waals surface area contributed by atoms with Crippen LogP contribution in [0.25, 0.3) is 0 Å². The highest BCUT2D eigenvalue weighted by molar-refractivity contribution is 5.79. The number of rotatable bonds is 3. The minimum atomic E-state index is -0.0231. The average molecular weight is 387 g/mol. The number of aromatic nitrogens is 2. The molecule has 5 heteroatoms. The van der Waals surface area contributed by atoms with Crippen molar-refractivity contribution in [3.8, 4) is 0 Å². The van der Waals surface area contributed by atoms with Gasteiger partial charge in [0.05, 0.1) is 6.04 Å². The van der Waals surface area contributed by atoms with Crippen LogP contribution in [0.3, 0.4) is 0 Å². The van der Waals surface area contributed by atoms with E-state index >= 15 is 0 Å². The molecule has 1 amide bonds. The summed E-state index contributed by atoms with van der Waals surface area (Å²) in [5.41, 5.74) is 6.88. The number of likely N-dealkylation sites (tertiary alicyclic amines) is 1. The van der Waals surface area contributed by atoms with Gasteiger partial charge < -0.3 is 4.90 Å². The van der Waals surface area contributed by atoms with E-state index in [4.69, 9.17) is 4.63 Å². The Balaban J connectivity index is 1.48. The molecule has 5 rings (SSSR count). The van der Waals surface area contributed by atoms with Crippen LogP contribution in [-0.4, -0.2) is 27.7 Å². The van der Waals surface area contributed by atoms with Gasteiger partial charge in [-0.05, 0) is 54.9 Å². The van der Waals surface area contributed by atoms with Crippen molar-refractivity contribution in [2.24, 2.45) is 0 Å². The first-order chi connectivity index (χ1) is 14.2. The Labute approximate surface area is 170 Å². The maximum atomic E-state index is 13.5. The van der Waals surface area contributed by atoms with Gasteiger partial charge in [0.15, 0.2) is 0 Å². The van der Waals surface area contributed by atoms with Gasteiger partial charge in [0.2, 0.25) is 5.91 Å². The average Bonchev–Trinajstić information content (AvgIpc) is 3.36. The fraction of sp³-hybridized carbons (Fsp3) is 0.375. The Hall–Kier alpha value is -2.95. The number of carbonyl (C=O) groups is 1. The largest absolute Gasteiger partial charge is 0.334 e. The highest BCUT2D eigenvalue weighted by Gasteiger charge is 2.35. The third-order valence-electron chi connectivity index (χ3n) is 6.48. The van der Waals surface area contributed by atoms with Crippen molar-refractivity contribution in [1.82, 2.24) is 15.2 Å². The molecule has 0 spiro atoms. The van der Waals surface area contributed by atoms with Gasteiger partial charge in [0.1, 0.15) is 11.4 Å². The maximum Gasteiger partial charge on any atom is 0.224 e. The lowest BCUT2D eigenvalue weighted by Crippen LogP contribution is -2.32. The Morgan fingerprint density at radius 2 is 1.69 bits per heavy atom. The second-order valence-electron chi connectivity index (χ2n) is 8.13. The summed E-state index contributed by atoms with van der Waals surface area (Å²) in [4.78, 5) is 15.5. The molecule has 2 aliphatic rings. The van der Waals surface area contributed by atoms with Gasteiger partial charge in [-0.1, -0.05) is 58.8 Å². The standard InChI is InChI=1S/C24H25N3O2/c1-16-24(26-29-25-16)22-11-6-14-27(22)23(28)15-21-19-9-4-2-7-17(19)12-13-18-8-3-5-10-20(18)21/h2-5,7-10,21-22H,6,11-15H2,1H3. The number of hydrogen-bond acceptors (Lipinski definition) is 4. The molecule has 2 aromatic carbocycles. The van der Waals surface area contributed by atoms with Crippen molar-refractivity contribution >= 4 is 5.91 Å². The zero-order valence-corrected chi connectivity index (χ0v) is 16.7. The lowest BCUT2D eigenvalue weighted by molar-refractivity contribution is -0.132. The third kappa shape index (κ3) is 3.24. The van der Waals surface area contributed by atoms with Gasteiger partial charge in [0.25, 0.3) is 0 Å². The van der Waals surface area contributed by atoms with E-state index in [-0.39, 0.29) is 17.9 Å². The molecule has 1 saturated heterocycles. The van der Waals surface area contributed by atoms with Crippen molar-refractivity contribution in [2.45, 2.75) is 51.0 Å². The third-order valence-corrected chi connectivity index (χ3v) is 6.48. The van der Waals surface area contributed by atoms with E-state index in [0.29, 0.717) is 6.42 Å². The fourth-order valence-corrected chi connectivity index (χ4v) is 5.04. The molecule has 3 aromatic rings. The van der Waals surface area contributed by atoms with Crippen molar-refractivity contribution in [3.63, 3.8) is 0 Å². The van der Waals surface area contributed by atoms with Gasteiger partial charge in [-0.3, -0.25) is 4.79 Å². The number of amides is 1. The molecular formula is C24H25N3O2. The molecule has 0 saturated carbocycles. The Morgan fingerprint density at radius 1 is 1.03 bits per heavy atom. The number of carbonyl (C=O) groups excluding carboxylic acids is 1. The minimum Gasteiger partial charge on any atom is -0.334 e. The van der Waals surface area contributed by atoms with Crippen molar-refractivity contribution in [2.75, 3.05) is 6.54 Å². The highest BCUT2D eigenvalue weighted by Crippen LogP contribution is 2.39. The first-order valence-electron chi connectivity index (χ1n) is 10.5. The molecule has 1 aliphatic carbocycles. The van der Waals surface area contributed by atoms with Gasteiger partial charge in [-0.25, -0.2) is 4.63 Å². The van der Waals surface area contributed by atoms with E-state index in [1.165, 1.54) is 22.3 Å². The zero-order valence-electron chi connectivity index (χ0n) is 16.7. The minimum absolute atomic E-state index is 0.0231. The molecule has 1 unspecified atom stereocenters. The number of fused-ring (bicyclic) bond motifs is 2. The lowest BCUT2D eigenvalue weighted by Gasteiger charge is -2.27. The Bertz CT molecular complexity index is 994. The smallest absolute Gasteiger partial charge is 0.224 e. The number of nitrogens with zero attached hydrogens (tertiary/aromatic N) is 3. The molecule has 148 valence electrons. The van der Waals surface area contributed by atoms with Crippen molar-refractivity contribution < 1.29 is 9.42 Å². The summed E-state index contributed by atoms with van der Waals surface area (Å²) in [5.74, 6) is 0.279. The number of hydrogen-bond donors (Lipinski definition) is 0. The summed E-state index contributed by atoms with van der Waals surface area (Å²) in [6, 6.07) is 17.2. The van der Waals surface area contributed by atoms with E-state index in [9.17, 15) is 4.79 Å². The van der Waals surface area contributed by atoms with Crippen molar-refractivity contribution in [3.05, 3.63) is 82.2 Å². The van der Waals surface area contributed by atoms with Crippen LogP contribution in [0.15, 0.2) is 53.2 Å². The second kappa shape index (κ2) is 7.47. The van der Waals surface area contributed by atoms with Crippen LogP contribution < -0.4 is 0 Å². The number of aryl methyl sites for hydroxylation is 3. The quantitative estimate of drug-likeness (QED) is 0.670. The van der Waals surface area contributed by atoms with E-state index in [2.05, 4.69) is 58.8 Å². The molecule has 1 aromatic heterocycles. The highest BCUT2D eigenvalue weighted by atomic mass is 16.6. The van der Waals surface area contributed by atoms with Crippen LogP contribution in [0.4, 0.5) is 0 Å². The van der Waals surface area contributed by atoms with E-state index in [1.807, 2.05) is 11.8 Å². The van der Waals surface area contributed by atoms with E-state index in [1.54, 1.807) is 0 Å². The van der Waals surface area contributed by atoms with E-state index < -0.39 is 0 Å². The maximum absolute atomic E-state index is 13.5. The Kier molecular flexibility index (Phi) is 4.66. The van der Waals surface area contributed by atoms with Crippen LogP contribution in [0, 0.1) is 6.92 Å². The molecule has 1 fully saturated rings. The Morgan fingerprint density at radius 3 is 2.31 bits per heavy atom. The van der Waals surface area contributed by atoms with Gasteiger partial charge in [-0.2, -0.15) is 0 Å². The van der Waals surface area contributed by atoms with Crippen LogP contribution in [-0.2, 0) is 17.6 Å².